The topological polar surface area (TPSA) is 73.0 Å². The van der Waals surface area contributed by atoms with Crippen LogP contribution in [0.5, 0.6) is 0 Å². The fraction of sp³-hybridized carbons (Fsp3) is 0.417. The number of aryl methyl sites for hydroxylation is 2. The van der Waals surface area contributed by atoms with E-state index < -0.39 is 0 Å². The maximum atomic E-state index is 11.9. The first kappa shape index (κ1) is 11.0. The minimum absolute atomic E-state index is 0.115. The van der Waals surface area contributed by atoms with Gasteiger partial charge in [-0.25, -0.2) is 4.98 Å². The number of aromatic nitrogens is 3. The molecule has 6 heteroatoms. The molecule has 1 aliphatic rings. The van der Waals surface area contributed by atoms with Gasteiger partial charge in [0, 0.05) is 37.5 Å². The molecule has 1 amide bonds. The van der Waals surface area contributed by atoms with Crippen LogP contribution < -0.4 is 5.32 Å². The summed E-state index contributed by atoms with van der Waals surface area (Å²) in [6.07, 6.45) is 5.51. The number of imidazole rings is 1. The van der Waals surface area contributed by atoms with Crippen LogP contribution in [0.2, 0.25) is 0 Å². The van der Waals surface area contributed by atoms with Crippen LogP contribution in [0.25, 0.3) is 0 Å². The Kier molecular flexibility index (Phi) is 2.62. The van der Waals surface area contributed by atoms with Gasteiger partial charge >= 0.3 is 0 Å². The molecule has 0 radical (unpaired) electrons. The van der Waals surface area contributed by atoms with E-state index in [2.05, 4.69) is 20.0 Å². The number of fused-ring (bicyclic) bond motifs is 1. The molecule has 3 heterocycles. The second-order valence-electron chi connectivity index (χ2n) is 4.54. The van der Waals surface area contributed by atoms with Crippen LogP contribution in [-0.4, -0.2) is 26.7 Å². The Balaban J connectivity index is 1.66. The average Bonchev–Trinajstić information content (AvgIpc) is 2.96. The number of amides is 1. The van der Waals surface area contributed by atoms with Gasteiger partial charge in [-0.15, -0.1) is 0 Å². The lowest BCUT2D eigenvalue weighted by atomic mass is 10.1. The molecule has 1 aliphatic heterocycles. The summed E-state index contributed by atoms with van der Waals surface area (Å²) in [5.41, 5.74) is 0.709. The third-order valence-corrected chi connectivity index (χ3v) is 3.12. The number of hydrogen-bond acceptors (Lipinski definition) is 4. The quantitative estimate of drug-likeness (QED) is 0.855. The third-order valence-electron chi connectivity index (χ3n) is 3.12. The molecule has 0 fully saturated rings. The van der Waals surface area contributed by atoms with Crippen molar-refractivity contribution in [2.24, 2.45) is 0 Å². The van der Waals surface area contributed by atoms with Gasteiger partial charge in [0.1, 0.15) is 5.82 Å². The predicted octanol–water partition coefficient (Wildman–Crippen LogP) is 0.924. The molecule has 2 aromatic rings. The molecule has 0 unspecified atom stereocenters. The third kappa shape index (κ3) is 2.01. The van der Waals surface area contributed by atoms with Crippen LogP contribution in [0.1, 0.15) is 28.5 Å². The molecular weight excluding hydrogens is 232 g/mol. The zero-order chi connectivity index (χ0) is 12.5. The van der Waals surface area contributed by atoms with E-state index in [1.165, 1.54) is 0 Å². The summed E-state index contributed by atoms with van der Waals surface area (Å²) in [6, 6.07) is 1.76. The van der Waals surface area contributed by atoms with Crippen LogP contribution in [-0.2, 0) is 13.0 Å². The Morgan fingerprint density at radius 3 is 3.28 bits per heavy atom. The molecule has 3 rings (SSSR count). The highest BCUT2D eigenvalue weighted by molar-refractivity contribution is 5.91. The van der Waals surface area contributed by atoms with Crippen molar-refractivity contribution >= 4 is 5.91 Å². The van der Waals surface area contributed by atoms with Gasteiger partial charge in [-0.2, -0.15) is 0 Å². The summed E-state index contributed by atoms with van der Waals surface area (Å²) < 4.78 is 7.01. The number of nitrogens with zero attached hydrogens (tertiary/aromatic N) is 3. The molecule has 0 aliphatic carbocycles. The Bertz CT molecular complexity index is 572. The van der Waals surface area contributed by atoms with Crippen molar-refractivity contribution < 1.29 is 9.32 Å². The van der Waals surface area contributed by atoms with Crippen LogP contribution in [0.3, 0.4) is 0 Å². The van der Waals surface area contributed by atoms with Crippen molar-refractivity contribution in [1.82, 2.24) is 20.0 Å². The minimum Gasteiger partial charge on any atom is -0.351 e. The van der Waals surface area contributed by atoms with E-state index in [0.29, 0.717) is 5.69 Å². The highest BCUT2D eigenvalue weighted by Gasteiger charge is 2.22. The lowest BCUT2D eigenvalue weighted by molar-refractivity contribution is 0.0890. The van der Waals surface area contributed by atoms with E-state index in [4.69, 9.17) is 4.52 Å². The second kappa shape index (κ2) is 4.29. The monoisotopic (exact) mass is 246 g/mol. The van der Waals surface area contributed by atoms with E-state index in [1.54, 1.807) is 19.2 Å². The summed E-state index contributed by atoms with van der Waals surface area (Å²) in [6.45, 7) is 2.55. The van der Waals surface area contributed by atoms with Crippen LogP contribution >= 0.6 is 0 Å². The zero-order valence-corrected chi connectivity index (χ0v) is 10.1. The van der Waals surface area contributed by atoms with E-state index >= 15 is 0 Å². The first-order valence-corrected chi connectivity index (χ1v) is 5.96. The summed E-state index contributed by atoms with van der Waals surface area (Å²) in [4.78, 5) is 16.2. The van der Waals surface area contributed by atoms with E-state index in [9.17, 15) is 4.79 Å². The Morgan fingerprint density at radius 1 is 1.61 bits per heavy atom. The molecule has 0 saturated carbocycles. The van der Waals surface area contributed by atoms with Crippen molar-refractivity contribution in [2.45, 2.75) is 32.4 Å². The molecule has 0 bridgehead atoms. The molecule has 18 heavy (non-hydrogen) atoms. The molecule has 94 valence electrons. The molecule has 0 aromatic carbocycles. The van der Waals surface area contributed by atoms with Gasteiger partial charge in [0.15, 0.2) is 0 Å². The summed E-state index contributed by atoms with van der Waals surface area (Å²) in [5.74, 6) is 1.14. The number of carbonyl (C=O) groups excluding carboxylic acids is 1. The van der Waals surface area contributed by atoms with Crippen LogP contribution in [0.4, 0.5) is 0 Å². The second-order valence-corrected chi connectivity index (χ2v) is 4.54. The van der Waals surface area contributed by atoms with Crippen molar-refractivity contribution in [1.29, 1.82) is 0 Å². The zero-order valence-electron chi connectivity index (χ0n) is 10.1. The predicted molar refractivity (Wildman–Crippen MR) is 63.0 cm³/mol. The molecule has 1 atom stereocenters. The minimum atomic E-state index is -0.204. The van der Waals surface area contributed by atoms with Crippen molar-refractivity contribution in [3.63, 3.8) is 0 Å². The molecule has 1 N–H and O–H groups in total. The highest BCUT2D eigenvalue weighted by Crippen LogP contribution is 2.13. The normalized spacial score (nSPS) is 18.4. The van der Waals surface area contributed by atoms with Crippen LogP contribution in [0, 0.1) is 6.92 Å². The van der Waals surface area contributed by atoms with Crippen molar-refractivity contribution in [2.75, 3.05) is 0 Å². The lowest BCUT2D eigenvalue weighted by Gasteiger charge is -2.24. The van der Waals surface area contributed by atoms with Gasteiger partial charge in [0.05, 0.1) is 5.69 Å². The number of nitrogens with one attached hydrogen (secondary N) is 1. The molecule has 0 saturated heterocycles. The molecular formula is C12H14N4O2. The van der Waals surface area contributed by atoms with Gasteiger partial charge in [-0.3, -0.25) is 4.79 Å². The van der Waals surface area contributed by atoms with Gasteiger partial charge < -0.3 is 14.4 Å². The Hall–Kier alpha value is -2.11. The van der Waals surface area contributed by atoms with Gasteiger partial charge in [0.2, 0.25) is 5.76 Å². The maximum Gasteiger partial charge on any atom is 0.290 e. The number of hydrogen-bond donors (Lipinski definition) is 1. The largest absolute Gasteiger partial charge is 0.351 e. The Labute approximate surface area is 104 Å². The average molecular weight is 246 g/mol. The smallest absolute Gasteiger partial charge is 0.290 e. The fourth-order valence-corrected chi connectivity index (χ4v) is 2.21. The maximum absolute atomic E-state index is 11.9. The Morgan fingerprint density at radius 2 is 2.50 bits per heavy atom. The van der Waals surface area contributed by atoms with Crippen LogP contribution in [0.15, 0.2) is 23.0 Å². The van der Waals surface area contributed by atoms with E-state index in [1.807, 2.05) is 6.20 Å². The summed E-state index contributed by atoms with van der Waals surface area (Å²) in [7, 11) is 0. The number of rotatable bonds is 2. The van der Waals surface area contributed by atoms with Gasteiger partial charge in [-0.1, -0.05) is 5.16 Å². The SMILES string of the molecule is Cc1cc(C(=O)N[C@@H]2CCc3nccn3C2)on1. The first-order valence-electron chi connectivity index (χ1n) is 5.96. The van der Waals surface area contributed by atoms with Crippen molar-refractivity contribution in [3.8, 4) is 0 Å². The fourth-order valence-electron chi connectivity index (χ4n) is 2.21. The molecule has 6 nitrogen and oxygen atoms in total. The highest BCUT2D eigenvalue weighted by atomic mass is 16.5. The standard InChI is InChI=1S/C12H14N4O2/c1-8-6-10(18-15-8)12(17)14-9-2-3-11-13-4-5-16(11)7-9/h4-6,9H,2-3,7H2,1H3,(H,14,17)/t9-/m1/s1. The van der Waals surface area contributed by atoms with Gasteiger partial charge in [0.25, 0.3) is 5.91 Å². The number of carbonyl (C=O) groups is 1. The molecule has 0 spiro atoms. The summed E-state index contributed by atoms with van der Waals surface area (Å²) in [5, 5.41) is 6.67. The van der Waals surface area contributed by atoms with Crippen molar-refractivity contribution in [3.05, 3.63) is 35.7 Å². The first-order chi connectivity index (χ1) is 8.72. The lowest BCUT2D eigenvalue weighted by Crippen LogP contribution is -2.40. The van der Waals surface area contributed by atoms with Gasteiger partial charge in [-0.05, 0) is 13.3 Å². The summed E-state index contributed by atoms with van der Waals surface area (Å²) >= 11 is 0. The molecule has 2 aromatic heterocycles. The van der Waals surface area contributed by atoms with E-state index in [0.717, 1.165) is 25.2 Å². The van der Waals surface area contributed by atoms with E-state index in [-0.39, 0.29) is 17.7 Å².